The highest BCUT2D eigenvalue weighted by atomic mass is 16.5. The van der Waals surface area contributed by atoms with Gasteiger partial charge < -0.3 is 19.4 Å². The Kier molecular flexibility index (Phi) is 8.35. The van der Waals surface area contributed by atoms with Crippen LogP contribution < -0.4 is 4.74 Å². The summed E-state index contributed by atoms with van der Waals surface area (Å²) in [7, 11) is 0. The first kappa shape index (κ1) is 22.4. The number of unbranched alkanes of at least 4 members (excludes halogenated alkanes) is 4. The van der Waals surface area contributed by atoms with Crippen molar-refractivity contribution in [1.29, 1.82) is 0 Å². The Morgan fingerprint density at radius 2 is 1.63 bits per heavy atom. The molecule has 0 radical (unpaired) electrons. The van der Waals surface area contributed by atoms with E-state index in [0.29, 0.717) is 17.9 Å². The van der Waals surface area contributed by atoms with Crippen molar-refractivity contribution in [3.63, 3.8) is 0 Å². The van der Waals surface area contributed by atoms with Crippen LogP contribution in [-0.2, 0) is 6.42 Å². The Hall–Kier alpha value is -2.30. The lowest BCUT2D eigenvalue weighted by atomic mass is 10.0. The van der Waals surface area contributed by atoms with E-state index in [1.807, 2.05) is 37.3 Å². The minimum Gasteiger partial charge on any atom is -0.490 e. The molecule has 0 amide bonds. The number of rotatable bonds is 12. The zero-order chi connectivity index (χ0) is 21.3. The normalized spacial score (nSPS) is 13.5. The molecule has 1 aromatic heterocycles. The second-order valence-electron chi connectivity index (χ2n) is 8.01. The van der Waals surface area contributed by atoms with Gasteiger partial charge in [-0.15, -0.1) is 0 Å². The maximum atomic E-state index is 10.5. The monoisotopic (exact) mass is 410 g/mol. The van der Waals surface area contributed by atoms with Crippen LogP contribution in [0.5, 0.6) is 5.75 Å². The Balaban J connectivity index is 1.55. The van der Waals surface area contributed by atoms with Crippen molar-refractivity contribution in [3.8, 4) is 5.75 Å². The summed E-state index contributed by atoms with van der Waals surface area (Å²) in [5.41, 5.74) is 2.96. The summed E-state index contributed by atoms with van der Waals surface area (Å²) in [6, 6.07) is 15.5. The van der Waals surface area contributed by atoms with Gasteiger partial charge in [0.05, 0.1) is 6.10 Å². The molecule has 4 nitrogen and oxygen atoms in total. The standard InChI is InChI=1S/C26H34O4/c1-3-5-6-7-8-9-19-10-11-21-17-26(30-25(21)16-19)24(28)18-29-22-14-12-20(13-15-22)23(27)4-2/h10-17,23-24,27-28H,3-9,18H2,1-2H3. The SMILES string of the molecule is CCCCCCCc1ccc2cc(C(O)COc3ccc(C(O)CC)cc3)oc2c1. The molecule has 2 aromatic carbocycles. The third-order valence-electron chi connectivity index (χ3n) is 5.56. The third kappa shape index (κ3) is 6.10. The van der Waals surface area contributed by atoms with Gasteiger partial charge in [0.15, 0.2) is 0 Å². The summed E-state index contributed by atoms with van der Waals surface area (Å²) < 4.78 is 11.6. The van der Waals surface area contributed by atoms with Gasteiger partial charge >= 0.3 is 0 Å². The molecular formula is C26H34O4. The molecule has 162 valence electrons. The molecular weight excluding hydrogens is 376 g/mol. The Morgan fingerprint density at radius 3 is 2.37 bits per heavy atom. The molecule has 0 saturated heterocycles. The van der Waals surface area contributed by atoms with Crippen LogP contribution in [0.4, 0.5) is 0 Å². The summed E-state index contributed by atoms with van der Waals surface area (Å²) in [5, 5.41) is 21.4. The number of furan rings is 1. The first-order valence-electron chi connectivity index (χ1n) is 11.2. The zero-order valence-electron chi connectivity index (χ0n) is 18.1. The van der Waals surface area contributed by atoms with E-state index >= 15 is 0 Å². The Morgan fingerprint density at radius 1 is 0.867 bits per heavy atom. The fourth-order valence-corrected chi connectivity index (χ4v) is 3.63. The highest BCUT2D eigenvalue weighted by Crippen LogP contribution is 2.27. The molecule has 0 bridgehead atoms. The lowest BCUT2D eigenvalue weighted by molar-refractivity contribution is 0.0902. The van der Waals surface area contributed by atoms with Crippen LogP contribution in [-0.4, -0.2) is 16.8 Å². The van der Waals surface area contributed by atoms with Crippen molar-refractivity contribution in [2.75, 3.05) is 6.61 Å². The van der Waals surface area contributed by atoms with E-state index in [2.05, 4.69) is 25.1 Å². The van der Waals surface area contributed by atoms with Crippen LogP contribution >= 0.6 is 0 Å². The summed E-state index contributed by atoms with van der Waals surface area (Å²) >= 11 is 0. The second kappa shape index (κ2) is 11.2. The molecule has 30 heavy (non-hydrogen) atoms. The first-order valence-corrected chi connectivity index (χ1v) is 11.2. The van der Waals surface area contributed by atoms with Crippen LogP contribution in [0.15, 0.2) is 52.9 Å². The fourth-order valence-electron chi connectivity index (χ4n) is 3.63. The lowest BCUT2D eigenvalue weighted by Crippen LogP contribution is -2.08. The predicted octanol–water partition coefficient (Wildman–Crippen LogP) is 6.50. The van der Waals surface area contributed by atoms with Crippen LogP contribution in [0.25, 0.3) is 11.0 Å². The summed E-state index contributed by atoms with van der Waals surface area (Å²) in [6.45, 7) is 4.28. The number of aliphatic hydroxyl groups is 2. The Bertz CT molecular complexity index is 897. The predicted molar refractivity (Wildman–Crippen MR) is 121 cm³/mol. The van der Waals surface area contributed by atoms with Crippen molar-refractivity contribution >= 4 is 11.0 Å². The van der Waals surface area contributed by atoms with Gasteiger partial charge in [0, 0.05) is 5.39 Å². The zero-order valence-corrected chi connectivity index (χ0v) is 18.1. The molecule has 0 aliphatic carbocycles. The maximum absolute atomic E-state index is 10.5. The number of hydrogen-bond acceptors (Lipinski definition) is 4. The van der Waals surface area contributed by atoms with Crippen molar-refractivity contribution in [2.45, 2.75) is 71.0 Å². The third-order valence-corrected chi connectivity index (χ3v) is 5.56. The number of fused-ring (bicyclic) bond motifs is 1. The number of ether oxygens (including phenoxy) is 1. The second-order valence-corrected chi connectivity index (χ2v) is 8.01. The van der Waals surface area contributed by atoms with Gasteiger partial charge in [-0.1, -0.05) is 63.8 Å². The molecule has 1 heterocycles. The Labute approximate surface area is 179 Å². The van der Waals surface area contributed by atoms with Gasteiger partial charge in [0.2, 0.25) is 0 Å². The smallest absolute Gasteiger partial charge is 0.145 e. The maximum Gasteiger partial charge on any atom is 0.145 e. The minimum atomic E-state index is -0.837. The molecule has 0 aliphatic heterocycles. The first-order chi connectivity index (χ1) is 14.6. The van der Waals surface area contributed by atoms with E-state index in [4.69, 9.17) is 9.15 Å². The quantitative estimate of drug-likeness (QED) is 0.334. The van der Waals surface area contributed by atoms with Gasteiger partial charge in [-0.2, -0.15) is 0 Å². The van der Waals surface area contributed by atoms with E-state index in [1.165, 1.54) is 37.7 Å². The average molecular weight is 411 g/mol. The van der Waals surface area contributed by atoms with Crippen LogP contribution in [0.2, 0.25) is 0 Å². The molecule has 2 unspecified atom stereocenters. The van der Waals surface area contributed by atoms with Crippen molar-refractivity contribution < 1.29 is 19.4 Å². The number of benzene rings is 2. The van der Waals surface area contributed by atoms with Crippen LogP contribution in [0, 0.1) is 0 Å². The van der Waals surface area contributed by atoms with Crippen LogP contribution in [0.3, 0.4) is 0 Å². The van der Waals surface area contributed by atoms with Gasteiger partial charge in [-0.3, -0.25) is 0 Å². The molecule has 2 atom stereocenters. The van der Waals surface area contributed by atoms with E-state index < -0.39 is 12.2 Å². The van der Waals surface area contributed by atoms with E-state index in [-0.39, 0.29) is 6.61 Å². The average Bonchev–Trinajstić information content (AvgIpc) is 3.20. The minimum absolute atomic E-state index is 0.111. The van der Waals surface area contributed by atoms with Crippen molar-refractivity contribution in [3.05, 3.63) is 65.4 Å². The van der Waals surface area contributed by atoms with Gasteiger partial charge in [0.25, 0.3) is 0 Å². The summed E-state index contributed by atoms with van der Waals surface area (Å²) in [6.07, 6.45) is 6.78. The lowest BCUT2D eigenvalue weighted by Gasteiger charge is -2.12. The molecule has 3 rings (SSSR count). The van der Waals surface area contributed by atoms with Gasteiger partial charge in [-0.05, 0) is 54.7 Å². The van der Waals surface area contributed by atoms with E-state index in [0.717, 1.165) is 23.0 Å². The van der Waals surface area contributed by atoms with Crippen LogP contribution in [0.1, 0.15) is 81.5 Å². The number of hydrogen-bond donors (Lipinski definition) is 2. The highest BCUT2D eigenvalue weighted by Gasteiger charge is 2.15. The molecule has 0 fully saturated rings. The van der Waals surface area contributed by atoms with Crippen molar-refractivity contribution in [2.24, 2.45) is 0 Å². The molecule has 2 N–H and O–H groups in total. The summed E-state index contributed by atoms with van der Waals surface area (Å²) in [5.74, 6) is 1.17. The fraction of sp³-hybridized carbons (Fsp3) is 0.462. The molecule has 0 saturated carbocycles. The van der Waals surface area contributed by atoms with E-state index in [1.54, 1.807) is 0 Å². The topological polar surface area (TPSA) is 62.8 Å². The molecule has 0 spiro atoms. The highest BCUT2D eigenvalue weighted by molar-refractivity contribution is 5.78. The van der Waals surface area contributed by atoms with Crippen molar-refractivity contribution in [1.82, 2.24) is 0 Å². The molecule has 4 heteroatoms. The van der Waals surface area contributed by atoms with Gasteiger partial charge in [0.1, 0.15) is 29.8 Å². The van der Waals surface area contributed by atoms with Gasteiger partial charge in [-0.25, -0.2) is 0 Å². The molecule has 0 aliphatic rings. The van der Waals surface area contributed by atoms with E-state index in [9.17, 15) is 10.2 Å². The number of aryl methyl sites for hydroxylation is 1. The largest absolute Gasteiger partial charge is 0.490 e. The summed E-state index contributed by atoms with van der Waals surface area (Å²) in [4.78, 5) is 0. The molecule has 3 aromatic rings. The number of aliphatic hydroxyl groups excluding tert-OH is 2.